The third kappa shape index (κ3) is 7.37. The third-order valence-corrected chi connectivity index (χ3v) is 4.18. The van der Waals surface area contributed by atoms with Crippen molar-refractivity contribution in [2.24, 2.45) is 4.99 Å². The van der Waals surface area contributed by atoms with Crippen molar-refractivity contribution in [1.29, 1.82) is 0 Å². The van der Waals surface area contributed by atoms with Gasteiger partial charge in [0.15, 0.2) is 23.3 Å². The highest BCUT2D eigenvalue weighted by molar-refractivity contribution is 14.0. The third-order valence-electron chi connectivity index (χ3n) is 4.18. The maximum absolute atomic E-state index is 5.74. The lowest BCUT2D eigenvalue weighted by Gasteiger charge is -2.20. The lowest BCUT2D eigenvalue weighted by Crippen LogP contribution is -2.38. The van der Waals surface area contributed by atoms with Crippen LogP contribution in [0.3, 0.4) is 0 Å². The highest BCUT2D eigenvalue weighted by Gasteiger charge is 2.13. The van der Waals surface area contributed by atoms with Crippen molar-refractivity contribution in [2.75, 3.05) is 19.8 Å². The van der Waals surface area contributed by atoms with E-state index in [2.05, 4.69) is 39.7 Å². The molecule has 9 heteroatoms. The lowest BCUT2D eigenvalue weighted by atomic mass is 10.1. The number of ether oxygens (including phenoxy) is 2. The molecular formula is C20H33IN6O2. The van der Waals surface area contributed by atoms with E-state index in [1.807, 2.05) is 43.5 Å². The van der Waals surface area contributed by atoms with Gasteiger partial charge in [-0.25, -0.2) is 4.99 Å². The molecule has 1 unspecified atom stereocenters. The number of nitrogens with one attached hydrogen (secondary N) is 2. The molecule has 29 heavy (non-hydrogen) atoms. The van der Waals surface area contributed by atoms with Gasteiger partial charge in [-0.05, 0) is 52.3 Å². The summed E-state index contributed by atoms with van der Waals surface area (Å²) in [6, 6.07) is 6.05. The molecule has 0 saturated carbocycles. The summed E-state index contributed by atoms with van der Waals surface area (Å²) in [5.41, 5.74) is 1.09. The Hall–Kier alpha value is -2.04. The van der Waals surface area contributed by atoms with Crippen molar-refractivity contribution in [3.63, 3.8) is 0 Å². The molecule has 162 valence electrons. The van der Waals surface area contributed by atoms with Gasteiger partial charge in [0.2, 0.25) is 0 Å². The van der Waals surface area contributed by atoms with Gasteiger partial charge in [0.05, 0.1) is 19.3 Å². The topological polar surface area (TPSA) is 85.6 Å². The molecule has 0 spiro atoms. The number of aromatic nitrogens is 3. The molecular weight excluding hydrogens is 483 g/mol. The van der Waals surface area contributed by atoms with Gasteiger partial charge >= 0.3 is 0 Å². The Labute approximate surface area is 190 Å². The van der Waals surface area contributed by atoms with Crippen LogP contribution in [0.4, 0.5) is 0 Å². The Morgan fingerprint density at radius 2 is 1.86 bits per heavy atom. The zero-order chi connectivity index (χ0) is 20.4. The average Bonchev–Trinajstić information content (AvgIpc) is 3.15. The van der Waals surface area contributed by atoms with Crippen LogP contribution in [0, 0.1) is 0 Å². The Morgan fingerprint density at radius 3 is 2.52 bits per heavy atom. The van der Waals surface area contributed by atoms with Gasteiger partial charge in [0.1, 0.15) is 12.9 Å². The standard InChI is InChI=1S/C20H32N6O2.HI/c1-6-21-20(22-13-19-25-23-14-26(19)7-2)24-15(5)16-10-11-17(27-8-3)18(12-16)28-9-4;/h10-12,14-15H,6-9,13H2,1-5H3,(H2,21,22,24);1H. The number of halogens is 1. The molecule has 1 heterocycles. The molecule has 1 atom stereocenters. The average molecular weight is 516 g/mol. The highest BCUT2D eigenvalue weighted by atomic mass is 127. The van der Waals surface area contributed by atoms with E-state index >= 15 is 0 Å². The second-order valence-corrected chi connectivity index (χ2v) is 6.17. The van der Waals surface area contributed by atoms with Crippen molar-refractivity contribution in [1.82, 2.24) is 25.4 Å². The molecule has 2 aromatic rings. The summed E-state index contributed by atoms with van der Waals surface area (Å²) in [5.74, 6) is 3.09. The fourth-order valence-electron chi connectivity index (χ4n) is 2.76. The molecule has 0 saturated heterocycles. The second kappa shape index (κ2) is 13.2. The molecule has 0 radical (unpaired) electrons. The minimum Gasteiger partial charge on any atom is -0.490 e. The van der Waals surface area contributed by atoms with Crippen LogP contribution in [0.25, 0.3) is 0 Å². The zero-order valence-electron chi connectivity index (χ0n) is 17.9. The lowest BCUT2D eigenvalue weighted by molar-refractivity contribution is 0.287. The molecule has 8 nitrogen and oxygen atoms in total. The van der Waals surface area contributed by atoms with Gasteiger partial charge in [-0.15, -0.1) is 34.2 Å². The van der Waals surface area contributed by atoms with Gasteiger partial charge in [-0.3, -0.25) is 0 Å². The molecule has 1 aromatic heterocycles. The number of hydrogen-bond acceptors (Lipinski definition) is 5. The van der Waals surface area contributed by atoms with Crippen LogP contribution in [0.2, 0.25) is 0 Å². The van der Waals surface area contributed by atoms with Crippen molar-refractivity contribution < 1.29 is 9.47 Å². The SMILES string of the molecule is CCNC(=NCc1nncn1CC)NC(C)c1ccc(OCC)c(OCC)c1.I. The smallest absolute Gasteiger partial charge is 0.192 e. The number of nitrogens with zero attached hydrogens (tertiary/aromatic N) is 4. The summed E-state index contributed by atoms with van der Waals surface area (Å²) >= 11 is 0. The minimum absolute atomic E-state index is 0. The van der Waals surface area contributed by atoms with Gasteiger partial charge in [-0.2, -0.15) is 0 Å². The van der Waals surface area contributed by atoms with Crippen LogP contribution in [0.1, 0.15) is 52.0 Å². The highest BCUT2D eigenvalue weighted by Crippen LogP contribution is 2.30. The van der Waals surface area contributed by atoms with E-state index < -0.39 is 0 Å². The Morgan fingerprint density at radius 1 is 1.14 bits per heavy atom. The van der Waals surface area contributed by atoms with Crippen LogP contribution in [-0.4, -0.2) is 40.5 Å². The fraction of sp³-hybridized carbons (Fsp3) is 0.550. The number of rotatable bonds is 10. The molecule has 0 aliphatic rings. The molecule has 2 rings (SSSR count). The van der Waals surface area contributed by atoms with Crippen LogP contribution >= 0.6 is 24.0 Å². The molecule has 0 aliphatic heterocycles. The summed E-state index contributed by atoms with van der Waals surface area (Å²) in [6.07, 6.45) is 1.73. The van der Waals surface area contributed by atoms with Gasteiger partial charge < -0.3 is 24.7 Å². The minimum atomic E-state index is 0. The van der Waals surface area contributed by atoms with Crippen molar-refractivity contribution in [3.05, 3.63) is 35.9 Å². The number of benzene rings is 1. The largest absolute Gasteiger partial charge is 0.490 e. The number of aryl methyl sites for hydroxylation is 1. The molecule has 0 amide bonds. The first-order chi connectivity index (χ1) is 13.6. The van der Waals surface area contributed by atoms with E-state index in [0.717, 1.165) is 41.9 Å². The molecule has 0 bridgehead atoms. The van der Waals surface area contributed by atoms with Gasteiger partial charge in [0.25, 0.3) is 0 Å². The van der Waals surface area contributed by atoms with Crippen LogP contribution < -0.4 is 20.1 Å². The first kappa shape index (κ1) is 25.0. The summed E-state index contributed by atoms with van der Waals surface area (Å²) in [4.78, 5) is 4.65. The van der Waals surface area contributed by atoms with Crippen molar-refractivity contribution in [2.45, 2.75) is 53.8 Å². The van der Waals surface area contributed by atoms with E-state index in [-0.39, 0.29) is 30.0 Å². The first-order valence-corrected chi connectivity index (χ1v) is 9.93. The Bertz CT molecular complexity index is 765. The maximum Gasteiger partial charge on any atom is 0.192 e. The monoisotopic (exact) mass is 516 g/mol. The summed E-state index contributed by atoms with van der Waals surface area (Å²) < 4.78 is 13.4. The van der Waals surface area contributed by atoms with Crippen LogP contribution in [0.5, 0.6) is 11.5 Å². The van der Waals surface area contributed by atoms with E-state index in [1.165, 1.54) is 0 Å². The molecule has 2 N–H and O–H groups in total. The van der Waals surface area contributed by atoms with E-state index in [9.17, 15) is 0 Å². The van der Waals surface area contributed by atoms with Crippen molar-refractivity contribution in [3.8, 4) is 11.5 Å². The Kier molecular flexibility index (Phi) is 11.4. The number of aliphatic imine (C=N–C) groups is 1. The number of guanidine groups is 1. The maximum atomic E-state index is 5.74. The Balaban J connectivity index is 0.00000420. The van der Waals surface area contributed by atoms with E-state index in [1.54, 1.807) is 6.33 Å². The van der Waals surface area contributed by atoms with Crippen LogP contribution in [0.15, 0.2) is 29.5 Å². The normalized spacial score (nSPS) is 12.1. The first-order valence-electron chi connectivity index (χ1n) is 9.93. The zero-order valence-corrected chi connectivity index (χ0v) is 20.3. The second-order valence-electron chi connectivity index (χ2n) is 6.17. The molecule has 1 aromatic carbocycles. The number of hydrogen-bond donors (Lipinski definition) is 2. The summed E-state index contributed by atoms with van der Waals surface area (Å²) in [7, 11) is 0. The fourth-order valence-corrected chi connectivity index (χ4v) is 2.76. The van der Waals surface area contributed by atoms with Gasteiger partial charge in [-0.1, -0.05) is 6.07 Å². The summed E-state index contributed by atoms with van der Waals surface area (Å²) in [6.45, 7) is 13.4. The van der Waals surface area contributed by atoms with E-state index in [4.69, 9.17) is 9.47 Å². The summed E-state index contributed by atoms with van der Waals surface area (Å²) in [5, 5.41) is 14.8. The predicted molar refractivity (Wildman–Crippen MR) is 126 cm³/mol. The molecule has 0 aliphatic carbocycles. The van der Waals surface area contributed by atoms with E-state index in [0.29, 0.717) is 19.8 Å². The van der Waals surface area contributed by atoms with Crippen molar-refractivity contribution >= 4 is 29.9 Å². The molecule has 0 fully saturated rings. The van der Waals surface area contributed by atoms with Gasteiger partial charge in [0, 0.05) is 13.1 Å². The quantitative estimate of drug-likeness (QED) is 0.286. The predicted octanol–water partition coefficient (Wildman–Crippen LogP) is 3.53. The van der Waals surface area contributed by atoms with Crippen LogP contribution in [-0.2, 0) is 13.1 Å².